The Morgan fingerprint density at radius 3 is 1.96 bits per heavy atom. The summed E-state index contributed by atoms with van der Waals surface area (Å²) in [6, 6.07) is 10.0. The molecule has 0 N–H and O–H groups in total. The molecule has 0 saturated carbocycles. The van der Waals surface area contributed by atoms with Gasteiger partial charge in [-0.3, -0.25) is 4.65 Å². The number of carbonyl (C=O) groups excluding carboxylic acids is 1. The van der Waals surface area contributed by atoms with Crippen LogP contribution in [0.25, 0.3) is 0 Å². The molecule has 1 atom stereocenters. The van der Waals surface area contributed by atoms with Crippen molar-refractivity contribution in [1.29, 1.82) is 0 Å². The lowest BCUT2D eigenvalue weighted by molar-refractivity contribution is -0.800. The van der Waals surface area contributed by atoms with Gasteiger partial charge in [-0.25, -0.2) is 4.79 Å². The second-order valence-electron chi connectivity index (χ2n) is 8.58. The largest absolute Gasteiger partial charge is 0.625 e. The fourth-order valence-corrected chi connectivity index (χ4v) is 5.97. The van der Waals surface area contributed by atoms with Gasteiger partial charge in [0.15, 0.2) is 0 Å². The molecule has 0 aliphatic rings. The highest BCUT2D eigenvalue weighted by Crippen LogP contribution is 2.42. The minimum absolute atomic E-state index is 0.0767. The smallest absolute Gasteiger partial charge is 0.337 e. The van der Waals surface area contributed by atoms with E-state index in [9.17, 15) is 10.0 Å². The first-order valence-electron chi connectivity index (χ1n) is 10.7. The fourth-order valence-electron chi connectivity index (χ4n) is 3.62. The molecule has 0 radical (unpaired) electrons. The summed E-state index contributed by atoms with van der Waals surface area (Å²) in [5, 5.41) is 14.7. The normalized spacial score (nSPS) is 13.3. The maximum absolute atomic E-state index is 13.6. The Balaban J connectivity index is 2.93. The van der Waals surface area contributed by atoms with Gasteiger partial charge in [-0.05, 0) is 17.9 Å². The molecule has 0 bridgehead atoms. The molecule has 0 heterocycles. The summed E-state index contributed by atoms with van der Waals surface area (Å²) in [6.45, 7) is 11.2. The number of carbonyl (C=O) groups is 1. The minimum atomic E-state index is -1.07. The lowest BCUT2D eigenvalue weighted by atomic mass is 10.1. The van der Waals surface area contributed by atoms with Gasteiger partial charge >= 0.3 is 5.65 Å². The standard InChI is InChI=1S/C23H40NO2P/c1-6-7-8-9-10-14-17-27(22-15-12-11-13-16-22)23(25)24(26,18-20(2)3)19-21(4)5/h11-13,15-16,20-21H,6-10,14,17-19H2,1-5H3. The quantitative estimate of drug-likeness (QED) is 0.158. The topological polar surface area (TPSA) is 40.1 Å². The number of nitrogens with zero attached hydrogens (tertiary/aromatic N) is 1. The maximum atomic E-state index is 13.6. The van der Waals surface area contributed by atoms with Gasteiger partial charge in [-0.2, -0.15) is 0 Å². The molecule has 0 aliphatic carbocycles. The zero-order chi connectivity index (χ0) is 20.3. The summed E-state index contributed by atoms with van der Waals surface area (Å²) in [7, 11) is -1.07. The summed E-state index contributed by atoms with van der Waals surface area (Å²) in [6.07, 6.45) is 8.09. The predicted octanol–water partition coefficient (Wildman–Crippen LogP) is 6.90. The number of unbranched alkanes of at least 4 members (excludes halogenated alkanes) is 5. The Bertz CT molecular complexity index is 520. The van der Waals surface area contributed by atoms with Gasteiger partial charge in [-0.1, -0.05) is 97.1 Å². The molecule has 4 heteroatoms. The first kappa shape index (κ1) is 24.3. The van der Waals surface area contributed by atoms with Crippen LogP contribution in [0.5, 0.6) is 0 Å². The van der Waals surface area contributed by atoms with E-state index in [1.165, 1.54) is 25.7 Å². The highest BCUT2D eigenvalue weighted by atomic mass is 31.1. The number of hydroxylamine groups is 3. The average Bonchev–Trinajstić information content (AvgIpc) is 2.60. The van der Waals surface area contributed by atoms with E-state index in [2.05, 4.69) is 6.92 Å². The molecule has 1 aromatic carbocycles. The summed E-state index contributed by atoms with van der Waals surface area (Å²) in [4.78, 5) is 13.5. The van der Waals surface area contributed by atoms with E-state index in [4.69, 9.17) is 0 Å². The van der Waals surface area contributed by atoms with Crippen LogP contribution >= 0.6 is 7.92 Å². The second-order valence-corrected chi connectivity index (χ2v) is 10.8. The van der Waals surface area contributed by atoms with Crippen LogP contribution in [0.15, 0.2) is 30.3 Å². The van der Waals surface area contributed by atoms with Crippen molar-refractivity contribution in [3.8, 4) is 0 Å². The van der Waals surface area contributed by atoms with Gasteiger partial charge in [-0.15, -0.1) is 0 Å². The van der Waals surface area contributed by atoms with Crippen LogP contribution in [0.2, 0.25) is 0 Å². The van der Waals surface area contributed by atoms with Gasteiger partial charge in [0.1, 0.15) is 0 Å². The van der Waals surface area contributed by atoms with Gasteiger partial charge in [0, 0.05) is 11.8 Å². The summed E-state index contributed by atoms with van der Waals surface area (Å²) >= 11 is 0. The van der Waals surface area contributed by atoms with Crippen molar-refractivity contribution >= 4 is 18.9 Å². The molecule has 1 unspecified atom stereocenters. The zero-order valence-corrected chi connectivity index (χ0v) is 19.0. The monoisotopic (exact) mass is 393 g/mol. The molecule has 1 rings (SSSR count). The summed E-state index contributed by atoms with van der Waals surface area (Å²) in [5.74, 6) is 0.429. The van der Waals surface area contributed by atoms with Gasteiger partial charge in [0.2, 0.25) is 0 Å². The molecule has 27 heavy (non-hydrogen) atoms. The second kappa shape index (κ2) is 12.6. The zero-order valence-electron chi connectivity index (χ0n) is 18.1. The third-order valence-electron chi connectivity index (χ3n) is 4.70. The molecule has 1 aromatic rings. The number of amides is 1. The van der Waals surface area contributed by atoms with Gasteiger partial charge < -0.3 is 5.21 Å². The number of benzene rings is 1. The van der Waals surface area contributed by atoms with E-state index >= 15 is 0 Å². The van der Waals surface area contributed by atoms with Crippen molar-refractivity contribution in [1.82, 2.24) is 0 Å². The Hall–Kier alpha value is -0.760. The minimum Gasteiger partial charge on any atom is -0.625 e. The molecule has 0 saturated heterocycles. The SMILES string of the molecule is CCCCCCCCP(C(=O)[N+]([O-])(CC(C)C)CC(C)C)c1ccccc1. The van der Waals surface area contributed by atoms with E-state index in [1.54, 1.807) is 0 Å². The first-order valence-corrected chi connectivity index (χ1v) is 12.3. The first-order chi connectivity index (χ1) is 12.8. The van der Waals surface area contributed by atoms with Crippen LogP contribution in [0.1, 0.15) is 73.1 Å². The Morgan fingerprint density at radius 2 is 1.44 bits per heavy atom. The number of hydrogen-bond donors (Lipinski definition) is 0. The van der Waals surface area contributed by atoms with Crippen molar-refractivity contribution in [2.75, 3.05) is 19.3 Å². The maximum Gasteiger partial charge on any atom is 0.337 e. The number of quaternary nitrogens is 1. The van der Waals surface area contributed by atoms with Gasteiger partial charge in [0.05, 0.1) is 21.0 Å². The van der Waals surface area contributed by atoms with E-state index in [1.807, 2.05) is 58.0 Å². The Labute approximate surface area is 168 Å². The Kier molecular flexibility index (Phi) is 11.4. The van der Waals surface area contributed by atoms with Crippen molar-refractivity contribution in [3.05, 3.63) is 35.5 Å². The third-order valence-corrected chi connectivity index (χ3v) is 7.21. The molecule has 3 nitrogen and oxygen atoms in total. The molecule has 0 aliphatic heterocycles. The van der Waals surface area contributed by atoms with Crippen LogP contribution in [-0.4, -0.2) is 29.5 Å². The number of hydrogen-bond acceptors (Lipinski definition) is 2. The van der Waals surface area contributed by atoms with Crippen molar-refractivity contribution in [2.24, 2.45) is 11.8 Å². The highest BCUT2D eigenvalue weighted by molar-refractivity contribution is 7.80. The third kappa shape index (κ3) is 8.85. The predicted molar refractivity (Wildman–Crippen MR) is 120 cm³/mol. The average molecular weight is 394 g/mol. The number of rotatable bonds is 13. The van der Waals surface area contributed by atoms with E-state index in [0.717, 1.165) is 24.3 Å². The molecule has 1 amide bonds. The van der Waals surface area contributed by atoms with Crippen LogP contribution in [0, 0.1) is 17.0 Å². The molecular weight excluding hydrogens is 353 g/mol. The van der Waals surface area contributed by atoms with Crippen LogP contribution in [0.4, 0.5) is 4.79 Å². The summed E-state index contributed by atoms with van der Waals surface area (Å²) in [5.41, 5.74) is -0.0767. The molecule has 0 aromatic heterocycles. The molecule has 154 valence electrons. The lowest BCUT2D eigenvalue weighted by Gasteiger charge is -2.44. The lowest BCUT2D eigenvalue weighted by Crippen LogP contribution is -2.51. The van der Waals surface area contributed by atoms with E-state index in [0.29, 0.717) is 13.1 Å². The molecule has 0 spiro atoms. The van der Waals surface area contributed by atoms with Crippen molar-refractivity contribution in [3.63, 3.8) is 0 Å². The van der Waals surface area contributed by atoms with Crippen LogP contribution in [-0.2, 0) is 0 Å². The molecule has 0 fully saturated rings. The fraction of sp³-hybridized carbons (Fsp3) is 0.696. The van der Waals surface area contributed by atoms with E-state index < -0.39 is 12.6 Å². The molecular formula is C23H40NO2P. The van der Waals surface area contributed by atoms with Crippen LogP contribution in [0.3, 0.4) is 0 Å². The highest BCUT2D eigenvalue weighted by Gasteiger charge is 2.36. The van der Waals surface area contributed by atoms with Crippen molar-refractivity contribution < 1.29 is 9.44 Å². The van der Waals surface area contributed by atoms with Crippen molar-refractivity contribution in [2.45, 2.75) is 73.1 Å². The Morgan fingerprint density at radius 1 is 0.926 bits per heavy atom. The van der Waals surface area contributed by atoms with Crippen LogP contribution < -0.4 is 5.30 Å². The summed E-state index contributed by atoms with van der Waals surface area (Å²) < 4.78 is -0.661. The van der Waals surface area contributed by atoms with E-state index in [-0.39, 0.29) is 17.5 Å². The van der Waals surface area contributed by atoms with Gasteiger partial charge in [0.25, 0.3) is 0 Å².